The summed E-state index contributed by atoms with van der Waals surface area (Å²) in [5, 5.41) is 2.24. The number of hydrogen-bond donors (Lipinski definition) is 1. The molecule has 2 rings (SSSR count). The molecule has 0 saturated heterocycles. The van der Waals surface area contributed by atoms with Crippen molar-refractivity contribution < 1.29 is 12.8 Å². The molecule has 0 saturated carbocycles. The molecule has 4 nitrogen and oxygen atoms in total. The maximum Gasteiger partial charge on any atom is 0.193 e. The smallest absolute Gasteiger partial charge is 0.193 e. The lowest BCUT2D eigenvalue weighted by molar-refractivity contribution is 0.559. The van der Waals surface area contributed by atoms with E-state index in [1.165, 1.54) is 17.4 Å². The maximum atomic E-state index is 13.8. The number of nitrogens with one attached hydrogen (secondary N) is 1. The van der Waals surface area contributed by atoms with Crippen LogP contribution in [0.4, 0.5) is 9.52 Å². The van der Waals surface area contributed by atoms with E-state index in [9.17, 15) is 12.8 Å². The Hall–Kier alpha value is -0.830. The number of hydrogen-bond acceptors (Lipinski definition) is 6. The summed E-state index contributed by atoms with van der Waals surface area (Å²) in [6, 6.07) is 4.72. The van der Waals surface area contributed by atoms with Crippen molar-refractivity contribution in [2.45, 2.75) is 36.2 Å². The van der Waals surface area contributed by atoms with Crippen LogP contribution in [-0.4, -0.2) is 18.1 Å². The van der Waals surface area contributed by atoms with Crippen LogP contribution in [0.3, 0.4) is 0 Å². The molecule has 0 bridgehead atoms. The van der Waals surface area contributed by atoms with Gasteiger partial charge < -0.3 is 4.72 Å². The highest BCUT2D eigenvalue weighted by Gasteiger charge is 2.29. The summed E-state index contributed by atoms with van der Waals surface area (Å²) in [5.74, 6) is -0.621. The van der Waals surface area contributed by atoms with Gasteiger partial charge in [-0.1, -0.05) is 17.7 Å². The molecule has 0 aliphatic carbocycles. The largest absolute Gasteiger partial charge is 0.301 e. The van der Waals surface area contributed by atoms with Gasteiger partial charge in [-0.3, -0.25) is 0 Å². The van der Waals surface area contributed by atoms with Crippen molar-refractivity contribution in [2.24, 2.45) is 0 Å². The van der Waals surface area contributed by atoms with Gasteiger partial charge in [-0.15, -0.1) is 11.3 Å². The molecule has 0 aliphatic rings. The van der Waals surface area contributed by atoms with Gasteiger partial charge in [0.1, 0.15) is 0 Å². The topological polar surface area (TPSA) is 59.1 Å². The lowest BCUT2D eigenvalue weighted by Gasteiger charge is -2.18. The van der Waals surface area contributed by atoms with E-state index in [-0.39, 0.29) is 10.8 Å². The summed E-state index contributed by atoms with van der Waals surface area (Å²) in [6.45, 7) is 4.98. The van der Waals surface area contributed by atoms with Crippen LogP contribution in [0.1, 0.15) is 26.5 Å². The quantitative estimate of drug-likeness (QED) is 0.740. The number of anilines is 1. The van der Waals surface area contributed by atoms with Crippen LogP contribution in [0.15, 0.2) is 28.5 Å². The van der Waals surface area contributed by atoms with Gasteiger partial charge in [0.2, 0.25) is 0 Å². The first-order chi connectivity index (χ1) is 10.6. The molecule has 0 spiro atoms. The zero-order valence-electron chi connectivity index (χ0n) is 12.8. The highest BCUT2D eigenvalue weighted by Crippen LogP contribution is 2.30. The van der Waals surface area contributed by atoms with Crippen LogP contribution in [-0.2, 0) is 15.6 Å². The predicted molar refractivity (Wildman–Crippen MR) is 95.4 cm³/mol. The Morgan fingerprint density at radius 3 is 2.74 bits per heavy atom. The molecule has 9 heteroatoms. The van der Waals surface area contributed by atoms with Gasteiger partial charge in [-0.05, 0) is 44.9 Å². The summed E-state index contributed by atoms with van der Waals surface area (Å²) in [6.07, 6.45) is 0. The summed E-state index contributed by atoms with van der Waals surface area (Å²) < 4.78 is 40.2. The van der Waals surface area contributed by atoms with Gasteiger partial charge in [0.25, 0.3) is 0 Å². The van der Waals surface area contributed by atoms with E-state index >= 15 is 0 Å². The van der Waals surface area contributed by atoms with Gasteiger partial charge >= 0.3 is 0 Å². The molecule has 0 aliphatic heterocycles. The molecule has 0 fully saturated rings. The molecule has 1 heterocycles. The van der Waals surface area contributed by atoms with Crippen LogP contribution in [0.5, 0.6) is 0 Å². The normalized spacial score (nSPS) is 12.4. The Balaban J connectivity index is 2.05. The summed E-state index contributed by atoms with van der Waals surface area (Å²) in [5.41, 5.74) is 0.472. The third-order valence-electron chi connectivity index (χ3n) is 2.99. The molecule has 0 atom stereocenters. The maximum absolute atomic E-state index is 13.8. The monoisotopic (exact) mass is 394 g/mol. The van der Waals surface area contributed by atoms with Crippen molar-refractivity contribution in [3.63, 3.8) is 0 Å². The van der Waals surface area contributed by atoms with Crippen LogP contribution >= 0.6 is 34.9 Å². The van der Waals surface area contributed by atoms with E-state index in [2.05, 4.69) is 9.71 Å². The van der Waals surface area contributed by atoms with Crippen molar-refractivity contribution >= 4 is 49.9 Å². The second-order valence-corrected chi connectivity index (χ2v) is 10.6. The van der Waals surface area contributed by atoms with Gasteiger partial charge in [-0.25, -0.2) is 17.8 Å². The van der Waals surface area contributed by atoms with Crippen LogP contribution < -0.4 is 4.72 Å². The first-order valence-corrected chi connectivity index (χ1v) is 10.4. The molecule has 126 valence electrons. The minimum absolute atomic E-state index is 0.0490. The minimum Gasteiger partial charge on any atom is -0.301 e. The molecule has 0 amide bonds. The lowest BCUT2D eigenvalue weighted by atomic mass is 10.3. The van der Waals surface area contributed by atoms with E-state index < -0.39 is 20.4 Å². The fraction of sp³-hybridized carbons (Fsp3) is 0.357. The second-order valence-electron chi connectivity index (χ2n) is 5.77. The van der Waals surface area contributed by atoms with Gasteiger partial charge in [0.05, 0.1) is 26.1 Å². The Bertz CT molecular complexity index is 801. The fourth-order valence-electron chi connectivity index (χ4n) is 1.49. The summed E-state index contributed by atoms with van der Waals surface area (Å²) in [7, 11) is -3.28. The number of benzene rings is 1. The number of thiazole rings is 1. The van der Waals surface area contributed by atoms with Gasteiger partial charge in [0, 0.05) is 5.38 Å². The number of halogens is 2. The fourth-order valence-corrected chi connectivity index (χ4v) is 4.26. The standard InChI is InChI=1S/C14H16ClFN2O2S3/c1-14(2,3)23(19,20)8-9-7-21-13(17-9)18-22-11-6-4-5-10(15)12(11)16/h4-7H,8H2,1-3H3,(H,17,18). The Morgan fingerprint density at radius 2 is 2.09 bits per heavy atom. The zero-order valence-corrected chi connectivity index (χ0v) is 16.0. The number of sulfone groups is 1. The van der Waals surface area contributed by atoms with E-state index in [1.807, 2.05) is 0 Å². The van der Waals surface area contributed by atoms with Crippen molar-refractivity contribution in [1.82, 2.24) is 4.98 Å². The summed E-state index contributed by atoms with van der Waals surface area (Å²) >= 11 is 8.03. The average Bonchev–Trinajstić information content (AvgIpc) is 2.86. The summed E-state index contributed by atoms with van der Waals surface area (Å²) in [4.78, 5) is 4.57. The molecule has 1 aromatic carbocycles. The van der Waals surface area contributed by atoms with E-state index in [1.54, 1.807) is 38.3 Å². The third kappa shape index (κ3) is 4.59. The van der Waals surface area contributed by atoms with Crippen LogP contribution in [0.2, 0.25) is 5.02 Å². The van der Waals surface area contributed by atoms with E-state index in [0.29, 0.717) is 15.7 Å². The van der Waals surface area contributed by atoms with Gasteiger partial charge in [0.15, 0.2) is 20.8 Å². The number of aromatic nitrogens is 1. The molecular weight excluding hydrogens is 379 g/mol. The molecule has 0 radical (unpaired) electrons. The van der Waals surface area contributed by atoms with Crippen molar-refractivity contribution in [3.8, 4) is 0 Å². The first kappa shape index (κ1) is 18.5. The highest BCUT2D eigenvalue weighted by atomic mass is 35.5. The minimum atomic E-state index is -3.28. The van der Waals surface area contributed by atoms with Gasteiger partial charge in [-0.2, -0.15) is 0 Å². The number of nitrogens with zero attached hydrogens (tertiary/aromatic N) is 1. The molecule has 1 N–H and O–H groups in total. The Morgan fingerprint density at radius 1 is 1.39 bits per heavy atom. The van der Waals surface area contributed by atoms with Crippen molar-refractivity contribution in [2.75, 3.05) is 4.72 Å². The average molecular weight is 395 g/mol. The zero-order chi connectivity index (χ0) is 17.3. The van der Waals surface area contributed by atoms with E-state index in [0.717, 1.165) is 11.9 Å². The first-order valence-electron chi connectivity index (χ1n) is 6.64. The molecule has 23 heavy (non-hydrogen) atoms. The van der Waals surface area contributed by atoms with Crippen LogP contribution in [0.25, 0.3) is 0 Å². The van der Waals surface area contributed by atoms with Crippen LogP contribution in [0, 0.1) is 5.82 Å². The molecular formula is C14H16ClFN2O2S3. The predicted octanol–water partition coefficient (Wildman–Crippen LogP) is 4.77. The highest BCUT2D eigenvalue weighted by molar-refractivity contribution is 8.00. The van der Waals surface area contributed by atoms with Crippen molar-refractivity contribution in [1.29, 1.82) is 0 Å². The molecule has 1 aromatic heterocycles. The second kappa shape index (κ2) is 6.96. The number of rotatable bonds is 5. The van der Waals surface area contributed by atoms with E-state index in [4.69, 9.17) is 11.6 Å². The lowest BCUT2D eigenvalue weighted by Crippen LogP contribution is -2.29. The van der Waals surface area contributed by atoms with Crippen molar-refractivity contribution in [3.05, 3.63) is 40.1 Å². The SMILES string of the molecule is CC(C)(C)S(=O)(=O)Cc1csc(NSc2cccc(Cl)c2F)n1. The molecule has 2 aromatic rings. The Labute approximate surface area is 148 Å². The Kier molecular flexibility index (Phi) is 5.60. The molecule has 0 unspecified atom stereocenters. The third-order valence-corrected chi connectivity index (χ3v) is 7.59.